The number of thiophene rings is 1. The highest BCUT2D eigenvalue weighted by atomic mass is 35.5. The number of likely N-dealkylation sites (tertiary alicyclic amines) is 2. The summed E-state index contributed by atoms with van der Waals surface area (Å²) in [6.45, 7) is 4.22. The number of rotatable bonds is 10. The van der Waals surface area contributed by atoms with Gasteiger partial charge in [-0.1, -0.05) is 43.6 Å². The van der Waals surface area contributed by atoms with Crippen molar-refractivity contribution in [3.63, 3.8) is 0 Å². The van der Waals surface area contributed by atoms with Crippen LogP contribution >= 0.6 is 22.9 Å². The Labute approximate surface area is 254 Å². The first-order valence-electron chi connectivity index (χ1n) is 13.7. The molecular weight excluding hydrogens is 600 g/mol. The standard InChI is InChI=1S/C29H33ClN4O6S2/c1-17(2)10-23(32-28(36)25-11-18-6-4-5-7-24(18)41-25)29(37)34-16-19-12-20(34)15-33(19)27(35)14-31-42(38,39)26-9-8-21(40-3)13-22(26)30/h4-9,11,13,17,19-20,23,31H,10,12,14-16H2,1-3H3,(H,32,36)/t19-,20-,23?/m0/s1. The van der Waals surface area contributed by atoms with Gasteiger partial charge in [0.1, 0.15) is 16.7 Å². The third-order valence-electron chi connectivity index (χ3n) is 7.65. The third kappa shape index (κ3) is 6.26. The van der Waals surface area contributed by atoms with E-state index >= 15 is 0 Å². The van der Waals surface area contributed by atoms with E-state index in [-0.39, 0.29) is 45.6 Å². The molecule has 2 N–H and O–H groups in total. The minimum atomic E-state index is -4.03. The third-order valence-corrected chi connectivity index (χ3v) is 10.6. The number of sulfonamides is 1. The number of carbonyl (C=O) groups excluding carboxylic acids is 3. The van der Waals surface area contributed by atoms with Gasteiger partial charge in [0.05, 0.1) is 35.6 Å². The minimum absolute atomic E-state index is 0.0147. The Morgan fingerprint density at radius 3 is 2.43 bits per heavy atom. The van der Waals surface area contributed by atoms with Gasteiger partial charge in [-0.15, -0.1) is 11.3 Å². The summed E-state index contributed by atoms with van der Waals surface area (Å²) in [6, 6.07) is 12.7. The van der Waals surface area contributed by atoms with Crippen LogP contribution in [0.25, 0.3) is 10.1 Å². The smallest absolute Gasteiger partial charge is 0.262 e. The molecule has 10 nitrogen and oxygen atoms in total. The van der Waals surface area contributed by atoms with Crippen LogP contribution < -0.4 is 14.8 Å². The summed E-state index contributed by atoms with van der Waals surface area (Å²) in [5, 5.41) is 3.93. The second kappa shape index (κ2) is 12.2. The molecule has 13 heteroatoms. The summed E-state index contributed by atoms with van der Waals surface area (Å²) >= 11 is 7.51. The number of hydrogen-bond donors (Lipinski definition) is 2. The summed E-state index contributed by atoms with van der Waals surface area (Å²) in [7, 11) is -2.59. The fourth-order valence-electron chi connectivity index (χ4n) is 5.62. The van der Waals surface area contributed by atoms with Crippen LogP contribution in [0.4, 0.5) is 0 Å². The monoisotopic (exact) mass is 632 g/mol. The molecule has 2 fully saturated rings. The van der Waals surface area contributed by atoms with Gasteiger partial charge in [-0.05, 0) is 48.4 Å². The summed E-state index contributed by atoms with van der Waals surface area (Å²) in [4.78, 5) is 43.6. The number of methoxy groups -OCH3 is 1. The summed E-state index contributed by atoms with van der Waals surface area (Å²) in [5.41, 5.74) is 0. The molecule has 0 saturated carbocycles. The van der Waals surface area contributed by atoms with Crippen LogP contribution in [-0.2, 0) is 19.6 Å². The summed E-state index contributed by atoms with van der Waals surface area (Å²) in [6.07, 6.45) is 1.09. The number of hydrogen-bond acceptors (Lipinski definition) is 7. The zero-order valence-corrected chi connectivity index (χ0v) is 25.9. The number of ether oxygens (including phenoxy) is 1. The fraction of sp³-hybridized carbons (Fsp3) is 0.414. The van der Waals surface area contributed by atoms with Crippen molar-refractivity contribution in [2.75, 3.05) is 26.7 Å². The summed E-state index contributed by atoms with van der Waals surface area (Å²) < 4.78 is 34.0. The van der Waals surface area contributed by atoms with Crippen molar-refractivity contribution in [3.05, 3.63) is 58.4 Å². The molecule has 2 aliphatic rings. The molecule has 5 rings (SSSR count). The molecule has 2 aliphatic heterocycles. The lowest BCUT2D eigenvalue weighted by molar-refractivity contribution is -0.140. The minimum Gasteiger partial charge on any atom is -0.497 e. The maximum absolute atomic E-state index is 13.7. The van der Waals surface area contributed by atoms with Gasteiger partial charge in [0.2, 0.25) is 21.8 Å². The number of nitrogens with zero attached hydrogens (tertiary/aromatic N) is 2. The number of fused-ring (bicyclic) bond motifs is 3. The molecule has 1 aromatic heterocycles. The molecule has 224 valence electrons. The quantitative estimate of drug-likeness (QED) is 0.353. The fourth-order valence-corrected chi connectivity index (χ4v) is 8.09. The highest BCUT2D eigenvalue weighted by Crippen LogP contribution is 2.32. The lowest BCUT2D eigenvalue weighted by Crippen LogP contribution is -2.57. The van der Waals surface area contributed by atoms with Gasteiger partial charge in [-0.3, -0.25) is 14.4 Å². The van der Waals surface area contributed by atoms with Crippen LogP contribution in [0.15, 0.2) is 53.4 Å². The predicted molar refractivity (Wildman–Crippen MR) is 161 cm³/mol. The topological polar surface area (TPSA) is 125 Å². The molecule has 3 heterocycles. The molecule has 42 heavy (non-hydrogen) atoms. The van der Waals surface area contributed by atoms with E-state index in [2.05, 4.69) is 10.0 Å². The molecule has 2 saturated heterocycles. The second-order valence-electron chi connectivity index (χ2n) is 11.0. The molecule has 3 atom stereocenters. The Bertz CT molecular complexity index is 1590. The average Bonchev–Trinajstić information content (AvgIpc) is 3.69. The Hall–Kier alpha value is -3.19. The number of carbonyl (C=O) groups is 3. The van der Waals surface area contributed by atoms with Crippen molar-refractivity contribution in [3.8, 4) is 5.75 Å². The van der Waals surface area contributed by atoms with E-state index < -0.39 is 22.6 Å². The van der Waals surface area contributed by atoms with Gasteiger partial charge in [-0.25, -0.2) is 13.1 Å². The summed E-state index contributed by atoms with van der Waals surface area (Å²) in [5.74, 6) is -0.225. The first kappa shape index (κ1) is 30.3. The van der Waals surface area contributed by atoms with E-state index in [0.29, 0.717) is 36.6 Å². The Balaban J connectivity index is 1.20. The Morgan fingerprint density at radius 1 is 1.07 bits per heavy atom. The molecule has 1 unspecified atom stereocenters. The second-order valence-corrected chi connectivity index (χ2v) is 14.2. The first-order chi connectivity index (χ1) is 20.0. The molecule has 0 radical (unpaired) electrons. The van der Waals surface area contributed by atoms with E-state index in [1.165, 1.54) is 36.6 Å². The number of amides is 3. The van der Waals surface area contributed by atoms with Gasteiger partial charge in [0, 0.05) is 23.9 Å². The maximum Gasteiger partial charge on any atom is 0.262 e. The Kier molecular flexibility index (Phi) is 8.79. The van der Waals surface area contributed by atoms with Gasteiger partial charge < -0.3 is 19.9 Å². The van der Waals surface area contributed by atoms with E-state index in [1.54, 1.807) is 9.80 Å². The molecular formula is C29H33ClN4O6S2. The van der Waals surface area contributed by atoms with Crippen molar-refractivity contribution in [2.24, 2.45) is 5.92 Å². The van der Waals surface area contributed by atoms with Crippen molar-refractivity contribution in [1.82, 2.24) is 19.8 Å². The highest BCUT2D eigenvalue weighted by molar-refractivity contribution is 7.89. The van der Waals surface area contributed by atoms with Gasteiger partial charge in [-0.2, -0.15) is 0 Å². The first-order valence-corrected chi connectivity index (χ1v) is 16.4. The van der Waals surface area contributed by atoms with Crippen LogP contribution in [0.1, 0.15) is 36.4 Å². The number of benzene rings is 2. The van der Waals surface area contributed by atoms with Crippen molar-refractivity contribution in [1.29, 1.82) is 0 Å². The average molecular weight is 633 g/mol. The van der Waals surface area contributed by atoms with Crippen LogP contribution in [0, 0.1) is 5.92 Å². The largest absolute Gasteiger partial charge is 0.497 e. The SMILES string of the molecule is COc1ccc(S(=O)(=O)NCC(=O)N2C[C@@H]3C[C@H]2CN3C(=O)C(CC(C)C)NC(=O)c2cc3ccccc3s2)c(Cl)c1. The van der Waals surface area contributed by atoms with Gasteiger partial charge >= 0.3 is 0 Å². The van der Waals surface area contributed by atoms with E-state index in [9.17, 15) is 22.8 Å². The number of piperazine rings is 1. The maximum atomic E-state index is 13.7. The lowest BCUT2D eigenvalue weighted by Gasteiger charge is -2.36. The van der Waals surface area contributed by atoms with Crippen molar-refractivity contribution >= 4 is 60.8 Å². The number of nitrogens with one attached hydrogen (secondary N) is 2. The highest BCUT2D eigenvalue weighted by Gasteiger charge is 2.48. The molecule has 0 aliphatic carbocycles. The van der Waals surface area contributed by atoms with Crippen molar-refractivity contribution in [2.45, 2.75) is 49.7 Å². The number of halogens is 1. The van der Waals surface area contributed by atoms with Crippen LogP contribution in [-0.4, -0.2) is 80.8 Å². The van der Waals surface area contributed by atoms with Crippen LogP contribution in [0.5, 0.6) is 5.75 Å². The zero-order valence-electron chi connectivity index (χ0n) is 23.5. The normalized spacial score (nSPS) is 19.0. The van der Waals surface area contributed by atoms with Gasteiger partial charge in [0.15, 0.2) is 0 Å². The zero-order chi connectivity index (χ0) is 30.2. The predicted octanol–water partition coefficient (Wildman–Crippen LogP) is 3.50. The molecule has 2 aromatic carbocycles. The van der Waals surface area contributed by atoms with E-state index in [1.807, 2.05) is 44.2 Å². The molecule has 3 aromatic rings. The van der Waals surface area contributed by atoms with Gasteiger partial charge in [0.25, 0.3) is 5.91 Å². The van der Waals surface area contributed by atoms with E-state index in [4.69, 9.17) is 16.3 Å². The van der Waals surface area contributed by atoms with Crippen molar-refractivity contribution < 1.29 is 27.5 Å². The Morgan fingerprint density at radius 2 is 1.79 bits per heavy atom. The molecule has 0 spiro atoms. The molecule has 3 amide bonds. The molecule has 2 bridgehead atoms. The van der Waals surface area contributed by atoms with Crippen LogP contribution in [0.2, 0.25) is 5.02 Å². The lowest BCUT2D eigenvalue weighted by atomic mass is 10.0. The van der Waals surface area contributed by atoms with Crippen LogP contribution in [0.3, 0.4) is 0 Å². The van der Waals surface area contributed by atoms with E-state index in [0.717, 1.165) is 10.1 Å².